The van der Waals surface area contributed by atoms with Crippen LogP contribution in [0.2, 0.25) is 5.02 Å². The molecule has 4 rings (SSSR count). The third-order valence-electron chi connectivity index (χ3n) is 4.49. The predicted octanol–water partition coefficient (Wildman–Crippen LogP) is 1.98. The van der Waals surface area contributed by atoms with Crippen molar-refractivity contribution in [2.24, 2.45) is 0 Å². The quantitative estimate of drug-likeness (QED) is 0.743. The zero-order chi connectivity index (χ0) is 18.8. The first-order valence-electron chi connectivity index (χ1n) is 8.50. The molecule has 8 nitrogen and oxygen atoms in total. The molecule has 0 aliphatic carbocycles. The van der Waals surface area contributed by atoms with Crippen LogP contribution < -0.4 is 4.90 Å². The lowest BCUT2D eigenvalue weighted by Crippen LogP contribution is -2.49. The Morgan fingerprint density at radius 2 is 1.78 bits per heavy atom. The second kappa shape index (κ2) is 7.24. The normalized spacial score (nSPS) is 14.4. The number of phenolic OH excluding ortho intramolecular Hbond substituents is 1. The maximum atomic E-state index is 12.7. The lowest BCUT2D eigenvalue weighted by Gasteiger charge is -2.34. The molecule has 1 fully saturated rings. The van der Waals surface area contributed by atoms with Crippen molar-refractivity contribution < 1.29 is 9.90 Å². The van der Waals surface area contributed by atoms with Crippen molar-refractivity contribution in [3.8, 4) is 11.4 Å². The van der Waals surface area contributed by atoms with E-state index in [4.69, 9.17) is 11.6 Å². The van der Waals surface area contributed by atoms with Gasteiger partial charge in [-0.1, -0.05) is 34.9 Å². The molecule has 0 bridgehead atoms. The number of halogens is 1. The van der Waals surface area contributed by atoms with Crippen LogP contribution in [0.5, 0.6) is 5.75 Å². The van der Waals surface area contributed by atoms with Crippen LogP contribution in [0.25, 0.3) is 5.69 Å². The van der Waals surface area contributed by atoms with Crippen molar-refractivity contribution in [3.63, 3.8) is 0 Å². The van der Waals surface area contributed by atoms with Gasteiger partial charge in [0.15, 0.2) is 0 Å². The summed E-state index contributed by atoms with van der Waals surface area (Å²) in [6, 6.07) is 14.1. The molecule has 1 aliphatic rings. The first-order chi connectivity index (χ1) is 13.1. The average Bonchev–Trinajstić information content (AvgIpc) is 3.20. The number of aromatic nitrogens is 4. The van der Waals surface area contributed by atoms with Crippen molar-refractivity contribution in [1.82, 2.24) is 25.1 Å². The van der Waals surface area contributed by atoms with Crippen LogP contribution in [-0.2, 0) is 0 Å². The lowest BCUT2D eigenvalue weighted by molar-refractivity contribution is 0.0743. The summed E-state index contributed by atoms with van der Waals surface area (Å²) in [6.07, 6.45) is 0. The van der Waals surface area contributed by atoms with Gasteiger partial charge >= 0.3 is 0 Å². The minimum atomic E-state index is -0.239. The summed E-state index contributed by atoms with van der Waals surface area (Å²) in [4.78, 5) is 16.4. The number of phenols is 1. The Labute approximate surface area is 160 Å². The summed E-state index contributed by atoms with van der Waals surface area (Å²) in [6.45, 7) is 2.15. The molecule has 1 saturated heterocycles. The van der Waals surface area contributed by atoms with Gasteiger partial charge in [0.2, 0.25) is 5.95 Å². The summed E-state index contributed by atoms with van der Waals surface area (Å²) >= 11 is 5.95. The molecule has 1 amide bonds. The monoisotopic (exact) mass is 384 g/mol. The van der Waals surface area contributed by atoms with E-state index < -0.39 is 0 Å². The van der Waals surface area contributed by atoms with Gasteiger partial charge in [0.25, 0.3) is 5.91 Å². The third kappa shape index (κ3) is 3.43. The van der Waals surface area contributed by atoms with E-state index in [2.05, 4.69) is 15.5 Å². The topological polar surface area (TPSA) is 87.4 Å². The summed E-state index contributed by atoms with van der Waals surface area (Å²) in [5.74, 6) is 0.330. The van der Waals surface area contributed by atoms with Gasteiger partial charge in [-0.25, -0.2) is 0 Å². The zero-order valence-electron chi connectivity index (χ0n) is 14.4. The molecule has 0 saturated carbocycles. The van der Waals surface area contributed by atoms with Crippen molar-refractivity contribution in [3.05, 3.63) is 59.1 Å². The Kier molecular flexibility index (Phi) is 4.64. The van der Waals surface area contributed by atoms with E-state index in [0.29, 0.717) is 37.1 Å². The minimum Gasteiger partial charge on any atom is -0.507 e. The van der Waals surface area contributed by atoms with Crippen LogP contribution in [0.15, 0.2) is 48.5 Å². The molecule has 0 unspecified atom stereocenters. The minimum absolute atomic E-state index is 0.0696. The fraction of sp³-hybridized carbons (Fsp3) is 0.222. The highest BCUT2D eigenvalue weighted by Gasteiger charge is 2.26. The van der Waals surface area contributed by atoms with Crippen LogP contribution >= 0.6 is 11.6 Å². The smallest absolute Gasteiger partial charge is 0.257 e. The summed E-state index contributed by atoms with van der Waals surface area (Å²) in [5.41, 5.74) is 1.09. The SMILES string of the molecule is O=C(c1cc(Cl)ccc1O)N1CCN(c2nnnn2-c2ccccc2)CC1. The molecule has 3 aromatic rings. The largest absolute Gasteiger partial charge is 0.507 e. The maximum absolute atomic E-state index is 12.7. The van der Waals surface area contributed by atoms with Crippen LogP contribution in [0, 0.1) is 0 Å². The van der Waals surface area contributed by atoms with E-state index in [1.807, 2.05) is 35.2 Å². The second-order valence-corrected chi connectivity index (χ2v) is 6.60. The Morgan fingerprint density at radius 3 is 2.52 bits per heavy atom. The number of amides is 1. The Hall–Kier alpha value is -3.13. The Bertz CT molecular complexity index is 953. The summed E-state index contributed by atoms with van der Waals surface area (Å²) in [5, 5.41) is 22.4. The molecular weight excluding hydrogens is 368 g/mol. The van der Waals surface area contributed by atoms with Gasteiger partial charge in [-0.15, -0.1) is 0 Å². The first-order valence-corrected chi connectivity index (χ1v) is 8.88. The Morgan fingerprint density at radius 1 is 1.04 bits per heavy atom. The van der Waals surface area contributed by atoms with E-state index in [9.17, 15) is 9.90 Å². The lowest BCUT2D eigenvalue weighted by atomic mass is 10.1. The van der Waals surface area contributed by atoms with Crippen molar-refractivity contribution in [1.29, 1.82) is 0 Å². The van der Waals surface area contributed by atoms with Crippen LogP contribution in [-0.4, -0.2) is 62.3 Å². The van der Waals surface area contributed by atoms with Gasteiger partial charge in [-0.3, -0.25) is 4.79 Å². The first kappa shape index (κ1) is 17.3. The molecule has 0 atom stereocenters. The Balaban J connectivity index is 1.48. The standard InChI is InChI=1S/C18H17ClN6O2/c19-13-6-7-16(26)15(12-13)17(27)23-8-10-24(11-9-23)18-20-21-22-25(18)14-4-2-1-3-5-14/h1-7,12,26H,8-11H2. The molecule has 0 spiro atoms. The van der Waals surface area contributed by atoms with E-state index in [1.54, 1.807) is 15.6 Å². The molecule has 27 heavy (non-hydrogen) atoms. The summed E-state index contributed by atoms with van der Waals surface area (Å²) < 4.78 is 1.68. The molecule has 1 N–H and O–H groups in total. The molecular formula is C18H17ClN6O2. The maximum Gasteiger partial charge on any atom is 0.257 e. The second-order valence-electron chi connectivity index (χ2n) is 6.17. The van der Waals surface area contributed by atoms with Crippen LogP contribution in [0.3, 0.4) is 0 Å². The number of anilines is 1. The van der Waals surface area contributed by atoms with Gasteiger partial charge < -0.3 is 14.9 Å². The highest BCUT2D eigenvalue weighted by molar-refractivity contribution is 6.31. The van der Waals surface area contributed by atoms with Crippen molar-refractivity contribution in [2.45, 2.75) is 0 Å². The number of tetrazole rings is 1. The number of benzene rings is 2. The zero-order valence-corrected chi connectivity index (χ0v) is 15.1. The number of piperazine rings is 1. The predicted molar refractivity (Wildman–Crippen MR) is 100 cm³/mol. The number of carbonyl (C=O) groups excluding carboxylic acids is 1. The highest BCUT2D eigenvalue weighted by Crippen LogP contribution is 2.24. The molecule has 2 heterocycles. The fourth-order valence-corrected chi connectivity index (χ4v) is 3.25. The molecule has 138 valence electrons. The molecule has 9 heteroatoms. The van der Waals surface area contributed by atoms with Crippen molar-refractivity contribution in [2.75, 3.05) is 31.1 Å². The van der Waals surface area contributed by atoms with Gasteiger partial charge in [-0.2, -0.15) is 4.68 Å². The molecule has 2 aromatic carbocycles. The molecule has 0 radical (unpaired) electrons. The van der Waals surface area contributed by atoms with Gasteiger partial charge in [0.05, 0.1) is 11.3 Å². The number of hydrogen-bond acceptors (Lipinski definition) is 6. The summed E-state index contributed by atoms with van der Waals surface area (Å²) in [7, 11) is 0. The number of rotatable bonds is 3. The number of hydrogen-bond donors (Lipinski definition) is 1. The average molecular weight is 385 g/mol. The molecule has 1 aromatic heterocycles. The number of carbonyl (C=O) groups is 1. The van der Waals surface area contributed by atoms with Crippen LogP contribution in [0.1, 0.15) is 10.4 Å². The van der Waals surface area contributed by atoms with Crippen LogP contribution in [0.4, 0.5) is 5.95 Å². The third-order valence-corrected chi connectivity index (χ3v) is 4.73. The van der Waals surface area contributed by atoms with Crippen molar-refractivity contribution >= 4 is 23.5 Å². The van der Waals surface area contributed by atoms with E-state index >= 15 is 0 Å². The van der Waals surface area contributed by atoms with E-state index in [0.717, 1.165) is 5.69 Å². The number of nitrogens with zero attached hydrogens (tertiary/aromatic N) is 6. The number of aromatic hydroxyl groups is 1. The van der Waals surface area contributed by atoms with Gasteiger partial charge in [0.1, 0.15) is 5.75 Å². The van der Waals surface area contributed by atoms with Gasteiger partial charge in [0, 0.05) is 31.2 Å². The molecule has 1 aliphatic heterocycles. The number of para-hydroxylation sites is 1. The fourth-order valence-electron chi connectivity index (χ4n) is 3.08. The highest BCUT2D eigenvalue weighted by atomic mass is 35.5. The van der Waals surface area contributed by atoms with Gasteiger partial charge in [-0.05, 0) is 40.8 Å². The van der Waals surface area contributed by atoms with E-state index in [1.165, 1.54) is 12.1 Å². The van der Waals surface area contributed by atoms with E-state index in [-0.39, 0.29) is 17.2 Å².